The lowest BCUT2D eigenvalue weighted by atomic mass is 10.00. The van der Waals surface area contributed by atoms with Crippen molar-refractivity contribution < 1.29 is 19.8 Å². The van der Waals surface area contributed by atoms with Crippen molar-refractivity contribution in [3.8, 4) is 11.8 Å². The standard InChI is InChI=1S/C20H29NO4/c1-3-4-9-16(2)18(22)13-11-17-12-14-19(23)21(17)15-8-6-5-7-10-20(24)25/h6,8,11,13,16-18,22H,5,7,9-10,12,14-15H2,1-2H3,(H,24,25)/b8-6?,13-11+/t16-,17-,18+/m0/s1. The Labute approximate surface area is 150 Å². The number of nitrogens with zero attached hydrogens (tertiary/aromatic N) is 1. The summed E-state index contributed by atoms with van der Waals surface area (Å²) in [7, 11) is 0. The zero-order valence-electron chi connectivity index (χ0n) is 15.1. The predicted octanol–water partition coefficient (Wildman–Crippen LogP) is 2.76. The van der Waals surface area contributed by atoms with Gasteiger partial charge in [0.1, 0.15) is 0 Å². The molecular formula is C20H29NO4. The molecule has 0 aromatic heterocycles. The highest BCUT2D eigenvalue weighted by Crippen LogP contribution is 2.20. The summed E-state index contributed by atoms with van der Waals surface area (Å²) in [6, 6.07) is 0.00952. The van der Waals surface area contributed by atoms with Crippen molar-refractivity contribution in [2.75, 3.05) is 6.54 Å². The van der Waals surface area contributed by atoms with Crippen molar-refractivity contribution >= 4 is 11.9 Å². The fourth-order valence-electron chi connectivity index (χ4n) is 2.69. The van der Waals surface area contributed by atoms with E-state index < -0.39 is 12.1 Å². The highest BCUT2D eigenvalue weighted by Gasteiger charge is 2.28. The Hall–Kier alpha value is -2.06. The molecule has 0 saturated carbocycles. The van der Waals surface area contributed by atoms with Gasteiger partial charge in [0.05, 0.1) is 12.1 Å². The van der Waals surface area contributed by atoms with Gasteiger partial charge >= 0.3 is 5.97 Å². The van der Waals surface area contributed by atoms with Crippen LogP contribution in [0, 0.1) is 17.8 Å². The molecule has 0 aromatic rings. The van der Waals surface area contributed by atoms with E-state index in [2.05, 4.69) is 11.8 Å². The number of unbranched alkanes of at least 4 members (excludes halogenated alkanes) is 1. The van der Waals surface area contributed by atoms with Gasteiger partial charge in [-0.15, -0.1) is 11.8 Å². The van der Waals surface area contributed by atoms with Crippen molar-refractivity contribution in [3.05, 3.63) is 24.3 Å². The van der Waals surface area contributed by atoms with Crippen LogP contribution in [-0.4, -0.2) is 45.7 Å². The van der Waals surface area contributed by atoms with Gasteiger partial charge in [0.2, 0.25) is 5.91 Å². The molecule has 0 spiro atoms. The summed E-state index contributed by atoms with van der Waals surface area (Å²) in [5.41, 5.74) is 0. The third-order valence-corrected chi connectivity index (χ3v) is 4.32. The number of allylic oxidation sites excluding steroid dienone is 1. The molecule has 2 N–H and O–H groups in total. The number of carbonyl (C=O) groups excluding carboxylic acids is 1. The second-order valence-electron chi connectivity index (χ2n) is 6.39. The minimum absolute atomic E-state index is 0.00952. The molecule has 0 bridgehead atoms. The monoisotopic (exact) mass is 347 g/mol. The third-order valence-electron chi connectivity index (χ3n) is 4.32. The van der Waals surface area contributed by atoms with Gasteiger partial charge in [-0.05, 0) is 32.1 Å². The van der Waals surface area contributed by atoms with Crippen LogP contribution in [-0.2, 0) is 9.59 Å². The van der Waals surface area contributed by atoms with Gasteiger partial charge in [-0.25, -0.2) is 0 Å². The van der Waals surface area contributed by atoms with E-state index in [1.807, 2.05) is 25.2 Å². The van der Waals surface area contributed by atoms with Crippen LogP contribution in [0.3, 0.4) is 0 Å². The summed E-state index contributed by atoms with van der Waals surface area (Å²) < 4.78 is 0. The van der Waals surface area contributed by atoms with E-state index >= 15 is 0 Å². The number of amides is 1. The minimum atomic E-state index is -0.786. The molecule has 0 unspecified atom stereocenters. The van der Waals surface area contributed by atoms with E-state index in [9.17, 15) is 14.7 Å². The van der Waals surface area contributed by atoms with Crippen LogP contribution in [0.2, 0.25) is 0 Å². The van der Waals surface area contributed by atoms with E-state index in [1.54, 1.807) is 17.9 Å². The maximum absolute atomic E-state index is 12.0. The Morgan fingerprint density at radius 1 is 1.44 bits per heavy atom. The summed E-state index contributed by atoms with van der Waals surface area (Å²) in [5, 5.41) is 18.7. The van der Waals surface area contributed by atoms with Gasteiger partial charge < -0.3 is 15.1 Å². The molecule has 0 radical (unpaired) electrons. The van der Waals surface area contributed by atoms with Crippen LogP contribution in [0.4, 0.5) is 0 Å². The first-order chi connectivity index (χ1) is 12.0. The lowest BCUT2D eigenvalue weighted by molar-refractivity contribution is -0.137. The third kappa shape index (κ3) is 8.04. The first-order valence-corrected chi connectivity index (χ1v) is 8.88. The summed E-state index contributed by atoms with van der Waals surface area (Å²) >= 11 is 0. The molecule has 138 valence electrons. The first-order valence-electron chi connectivity index (χ1n) is 8.88. The van der Waals surface area contributed by atoms with E-state index in [1.165, 1.54) is 0 Å². The largest absolute Gasteiger partial charge is 0.481 e. The van der Waals surface area contributed by atoms with Crippen LogP contribution in [0.15, 0.2) is 24.3 Å². The quantitative estimate of drug-likeness (QED) is 0.362. The number of rotatable bonds is 10. The maximum Gasteiger partial charge on any atom is 0.303 e. The molecule has 1 aliphatic heterocycles. The molecule has 1 rings (SSSR count). The Balaban J connectivity index is 2.48. The average molecular weight is 347 g/mol. The molecular weight excluding hydrogens is 318 g/mol. The number of hydrogen-bond donors (Lipinski definition) is 2. The molecule has 5 nitrogen and oxygen atoms in total. The second kappa shape index (κ2) is 11.5. The van der Waals surface area contributed by atoms with Gasteiger partial charge in [0, 0.05) is 25.8 Å². The minimum Gasteiger partial charge on any atom is -0.481 e. The molecule has 0 aliphatic carbocycles. The second-order valence-corrected chi connectivity index (χ2v) is 6.39. The number of carbonyl (C=O) groups is 2. The highest BCUT2D eigenvalue weighted by molar-refractivity contribution is 5.79. The van der Waals surface area contributed by atoms with Crippen molar-refractivity contribution in [2.45, 2.75) is 64.5 Å². The molecule has 1 amide bonds. The number of aliphatic hydroxyl groups is 1. The topological polar surface area (TPSA) is 77.8 Å². The SMILES string of the molecule is CC#CC[C@H](C)[C@H](O)/C=C/[C@H]1CCC(=O)N1CC=CCCCC(=O)O. The number of carboxylic acids is 1. The lowest BCUT2D eigenvalue weighted by Gasteiger charge is -2.21. The van der Waals surface area contributed by atoms with Crippen molar-refractivity contribution in [3.63, 3.8) is 0 Å². The highest BCUT2D eigenvalue weighted by atomic mass is 16.4. The Morgan fingerprint density at radius 3 is 2.88 bits per heavy atom. The van der Waals surface area contributed by atoms with E-state index in [4.69, 9.17) is 5.11 Å². The summed E-state index contributed by atoms with van der Waals surface area (Å²) in [5.74, 6) is 5.19. The van der Waals surface area contributed by atoms with Crippen LogP contribution in [0.1, 0.15) is 52.4 Å². The Bertz CT molecular complexity index is 556. The van der Waals surface area contributed by atoms with Gasteiger partial charge in [-0.1, -0.05) is 31.2 Å². The number of likely N-dealkylation sites (tertiary alicyclic amines) is 1. The van der Waals surface area contributed by atoms with E-state index in [0.717, 1.165) is 6.42 Å². The van der Waals surface area contributed by atoms with Crippen LogP contribution in [0.5, 0.6) is 0 Å². The zero-order valence-corrected chi connectivity index (χ0v) is 15.1. The Kier molecular flexibility index (Phi) is 9.64. The van der Waals surface area contributed by atoms with E-state index in [-0.39, 0.29) is 24.3 Å². The number of hydrogen-bond acceptors (Lipinski definition) is 3. The summed E-state index contributed by atoms with van der Waals surface area (Å²) in [6.07, 6.45) is 10.4. The molecule has 5 heteroatoms. The summed E-state index contributed by atoms with van der Waals surface area (Å²) in [4.78, 5) is 24.3. The molecule has 1 aliphatic rings. The molecule has 25 heavy (non-hydrogen) atoms. The van der Waals surface area contributed by atoms with Crippen molar-refractivity contribution in [2.24, 2.45) is 5.92 Å². The van der Waals surface area contributed by atoms with Crippen molar-refractivity contribution in [1.82, 2.24) is 4.90 Å². The van der Waals surface area contributed by atoms with E-state index in [0.29, 0.717) is 32.2 Å². The van der Waals surface area contributed by atoms with Gasteiger partial charge in [-0.3, -0.25) is 9.59 Å². The average Bonchev–Trinajstić information content (AvgIpc) is 2.93. The fraction of sp³-hybridized carbons (Fsp3) is 0.600. The number of aliphatic carboxylic acids is 1. The molecule has 1 heterocycles. The lowest BCUT2D eigenvalue weighted by Crippen LogP contribution is -2.32. The van der Waals surface area contributed by atoms with Crippen molar-refractivity contribution in [1.29, 1.82) is 0 Å². The van der Waals surface area contributed by atoms with Gasteiger partial charge in [0.15, 0.2) is 0 Å². The maximum atomic E-state index is 12.0. The summed E-state index contributed by atoms with van der Waals surface area (Å²) in [6.45, 7) is 4.26. The molecule has 3 atom stereocenters. The molecule has 1 saturated heterocycles. The number of carboxylic acid groups (broad SMARTS) is 1. The normalized spacial score (nSPS) is 20.0. The zero-order chi connectivity index (χ0) is 18.7. The van der Waals surface area contributed by atoms with Crippen LogP contribution in [0.25, 0.3) is 0 Å². The molecule has 1 fully saturated rings. The van der Waals surface area contributed by atoms with Crippen LogP contribution >= 0.6 is 0 Å². The smallest absolute Gasteiger partial charge is 0.303 e. The fourth-order valence-corrected chi connectivity index (χ4v) is 2.69. The van der Waals surface area contributed by atoms with Gasteiger partial charge in [0.25, 0.3) is 0 Å². The number of aliphatic hydroxyl groups excluding tert-OH is 1. The Morgan fingerprint density at radius 2 is 2.20 bits per heavy atom. The first kappa shape index (κ1) is 21.0. The predicted molar refractivity (Wildman–Crippen MR) is 97.7 cm³/mol. The molecule has 0 aromatic carbocycles. The van der Waals surface area contributed by atoms with Gasteiger partial charge in [-0.2, -0.15) is 0 Å². The van der Waals surface area contributed by atoms with Crippen LogP contribution < -0.4 is 0 Å².